The number of pyridine rings is 1. The predicted molar refractivity (Wildman–Crippen MR) is 54.6 cm³/mol. The molecule has 0 atom stereocenters. The third-order valence-electron chi connectivity index (χ3n) is 1.73. The Morgan fingerprint density at radius 1 is 1.50 bits per heavy atom. The minimum atomic E-state index is 0.461. The fourth-order valence-electron chi connectivity index (χ4n) is 1.02. The van der Waals surface area contributed by atoms with Gasteiger partial charge in [0.1, 0.15) is 5.69 Å². The molecule has 4 nitrogen and oxygen atoms in total. The third kappa shape index (κ3) is 1.82. The molecule has 0 fully saturated rings. The molecular weight excluding hydrogens is 246 g/mol. The second kappa shape index (κ2) is 3.88. The molecule has 14 heavy (non-hydrogen) atoms. The van der Waals surface area contributed by atoms with Gasteiger partial charge in [0.2, 0.25) is 0 Å². The highest BCUT2D eigenvalue weighted by atomic mass is 79.9. The summed E-state index contributed by atoms with van der Waals surface area (Å²) < 4.78 is 6.00. The lowest BCUT2D eigenvalue weighted by molar-refractivity contribution is 0.422. The minimum Gasteiger partial charge on any atom is -0.332 e. The van der Waals surface area contributed by atoms with Crippen LogP contribution in [0.2, 0.25) is 0 Å². The van der Waals surface area contributed by atoms with Crippen LogP contribution in [0.15, 0.2) is 27.3 Å². The molecule has 0 unspecified atom stereocenters. The largest absolute Gasteiger partial charge is 0.332 e. The fraction of sp³-hybridized carbons (Fsp3) is 0.222. The Labute approximate surface area is 89.5 Å². The summed E-state index contributed by atoms with van der Waals surface area (Å²) in [6, 6.07) is 3.69. The number of hydrogen-bond donors (Lipinski definition) is 0. The van der Waals surface area contributed by atoms with Crippen LogP contribution in [0, 0.1) is 0 Å². The molecule has 2 aromatic heterocycles. The molecule has 0 saturated carbocycles. The smallest absolute Gasteiger partial charge is 0.276 e. The van der Waals surface area contributed by atoms with E-state index in [4.69, 9.17) is 4.52 Å². The molecule has 5 heteroatoms. The monoisotopic (exact) mass is 253 g/mol. The van der Waals surface area contributed by atoms with Crippen molar-refractivity contribution in [2.75, 3.05) is 0 Å². The van der Waals surface area contributed by atoms with Gasteiger partial charge in [-0.2, -0.15) is 4.98 Å². The van der Waals surface area contributed by atoms with Gasteiger partial charge < -0.3 is 4.52 Å². The van der Waals surface area contributed by atoms with E-state index in [-0.39, 0.29) is 0 Å². The van der Waals surface area contributed by atoms with Crippen LogP contribution < -0.4 is 0 Å². The molecule has 2 heterocycles. The zero-order valence-electron chi connectivity index (χ0n) is 7.57. The molecule has 0 amide bonds. The van der Waals surface area contributed by atoms with Crippen molar-refractivity contribution in [2.45, 2.75) is 13.3 Å². The highest BCUT2D eigenvalue weighted by Crippen LogP contribution is 2.18. The molecule has 0 aromatic carbocycles. The zero-order chi connectivity index (χ0) is 9.97. The molecule has 0 radical (unpaired) electrons. The SMILES string of the molecule is CCc1noc(-c2cc(Br)ccn2)n1. The number of nitrogens with zero attached hydrogens (tertiary/aromatic N) is 3. The lowest BCUT2D eigenvalue weighted by atomic mass is 10.3. The maximum Gasteiger partial charge on any atom is 0.276 e. The number of hydrogen-bond acceptors (Lipinski definition) is 4. The fourth-order valence-corrected chi connectivity index (χ4v) is 1.36. The molecule has 0 aliphatic carbocycles. The Morgan fingerprint density at radius 2 is 2.36 bits per heavy atom. The van der Waals surface area contributed by atoms with E-state index in [0.29, 0.717) is 17.4 Å². The van der Waals surface area contributed by atoms with Crippen LogP contribution in [0.1, 0.15) is 12.7 Å². The van der Waals surface area contributed by atoms with Crippen LogP contribution in [-0.2, 0) is 6.42 Å². The Bertz CT molecular complexity index is 441. The third-order valence-corrected chi connectivity index (χ3v) is 2.22. The van der Waals surface area contributed by atoms with Gasteiger partial charge in [-0.05, 0) is 12.1 Å². The van der Waals surface area contributed by atoms with Crippen molar-refractivity contribution in [1.82, 2.24) is 15.1 Å². The molecule has 0 aliphatic rings. The molecule has 0 N–H and O–H groups in total. The lowest BCUT2D eigenvalue weighted by Gasteiger charge is -1.92. The van der Waals surface area contributed by atoms with Crippen LogP contribution >= 0.6 is 15.9 Å². The van der Waals surface area contributed by atoms with E-state index < -0.39 is 0 Å². The highest BCUT2D eigenvalue weighted by Gasteiger charge is 2.08. The Balaban J connectivity index is 2.39. The summed E-state index contributed by atoms with van der Waals surface area (Å²) in [6.07, 6.45) is 2.45. The van der Waals surface area contributed by atoms with Crippen molar-refractivity contribution in [3.63, 3.8) is 0 Å². The number of aryl methyl sites for hydroxylation is 1. The first kappa shape index (κ1) is 9.33. The van der Waals surface area contributed by atoms with Crippen molar-refractivity contribution in [3.8, 4) is 11.6 Å². The van der Waals surface area contributed by atoms with E-state index >= 15 is 0 Å². The Hall–Kier alpha value is -1.23. The molecule has 0 saturated heterocycles. The Morgan fingerprint density at radius 3 is 3.00 bits per heavy atom. The lowest BCUT2D eigenvalue weighted by Crippen LogP contribution is -1.84. The van der Waals surface area contributed by atoms with Crippen molar-refractivity contribution < 1.29 is 4.52 Å². The second-order valence-electron chi connectivity index (χ2n) is 2.73. The van der Waals surface area contributed by atoms with Gasteiger partial charge in [-0.3, -0.25) is 4.98 Å². The van der Waals surface area contributed by atoms with Gasteiger partial charge in [0.25, 0.3) is 5.89 Å². The van der Waals surface area contributed by atoms with E-state index in [1.165, 1.54) is 0 Å². The van der Waals surface area contributed by atoms with Crippen molar-refractivity contribution in [3.05, 3.63) is 28.6 Å². The maximum atomic E-state index is 5.05. The summed E-state index contributed by atoms with van der Waals surface area (Å²) >= 11 is 3.35. The Kier molecular flexibility index (Phi) is 2.58. The van der Waals surface area contributed by atoms with E-state index in [9.17, 15) is 0 Å². The average Bonchev–Trinajstić information content (AvgIpc) is 2.66. The first-order valence-corrected chi connectivity index (χ1v) is 5.03. The summed E-state index contributed by atoms with van der Waals surface area (Å²) in [4.78, 5) is 8.31. The van der Waals surface area contributed by atoms with E-state index in [1.54, 1.807) is 6.20 Å². The summed E-state index contributed by atoms with van der Waals surface area (Å²) in [5.74, 6) is 1.16. The molecule has 0 aliphatic heterocycles. The summed E-state index contributed by atoms with van der Waals surface area (Å²) in [5, 5.41) is 3.80. The van der Waals surface area contributed by atoms with Gasteiger partial charge in [0, 0.05) is 17.1 Å². The number of halogens is 1. The molecule has 0 bridgehead atoms. The quantitative estimate of drug-likeness (QED) is 0.825. The first-order chi connectivity index (χ1) is 6.79. The molecule has 2 rings (SSSR count). The molecule has 2 aromatic rings. The van der Waals surface area contributed by atoms with Crippen molar-refractivity contribution in [1.29, 1.82) is 0 Å². The first-order valence-electron chi connectivity index (χ1n) is 4.24. The average molecular weight is 254 g/mol. The van der Waals surface area contributed by atoms with Crippen molar-refractivity contribution >= 4 is 15.9 Å². The normalized spacial score (nSPS) is 10.4. The summed E-state index contributed by atoms with van der Waals surface area (Å²) in [5.41, 5.74) is 0.687. The topological polar surface area (TPSA) is 51.8 Å². The van der Waals surface area contributed by atoms with Gasteiger partial charge in [-0.15, -0.1) is 0 Å². The minimum absolute atomic E-state index is 0.461. The van der Waals surface area contributed by atoms with Gasteiger partial charge in [-0.25, -0.2) is 0 Å². The van der Waals surface area contributed by atoms with Crippen LogP contribution in [0.3, 0.4) is 0 Å². The van der Waals surface area contributed by atoms with Crippen LogP contribution in [-0.4, -0.2) is 15.1 Å². The van der Waals surface area contributed by atoms with E-state index in [0.717, 1.165) is 10.9 Å². The van der Waals surface area contributed by atoms with Crippen molar-refractivity contribution in [2.24, 2.45) is 0 Å². The summed E-state index contributed by atoms with van der Waals surface area (Å²) in [6.45, 7) is 1.98. The van der Waals surface area contributed by atoms with Crippen LogP contribution in [0.4, 0.5) is 0 Å². The standard InChI is InChI=1S/C9H8BrN3O/c1-2-8-12-9(14-13-8)7-5-6(10)3-4-11-7/h3-5H,2H2,1H3. The van der Waals surface area contributed by atoms with Crippen LogP contribution in [0.25, 0.3) is 11.6 Å². The summed E-state index contributed by atoms with van der Waals surface area (Å²) in [7, 11) is 0. The molecule has 72 valence electrons. The van der Waals surface area contributed by atoms with E-state index in [2.05, 4.69) is 31.1 Å². The number of rotatable bonds is 2. The predicted octanol–water partition coefficient (Wildman–Crippen LogP) is 2.46. The van der Waals surface area contributed by atoms with Gasteiger partial charge in [0.15, 0.2) is 5.82 Å². The molecular formula is C9H8BrN3O. The second-order valence-corrected chi connectivity index (χ2v) is 3.64. The van der Waals surface area contributed by atoms with Gasteiger partial charge >= 0.3 is 0 Å². The molecule has 0 spiro atoms. The van der Waals surface area contributed by atoms with Gasteiger partial charge in [0.05, 0.1) is 0 Å². The van der Waals surface area contributed by atoms with Gasteiger partial charge in [-0.1, -0.05) is 28.0 Å². The van der Waals surface area contributed by atoms with Crippen LogP contribution in [0.5, 0.6) is 0 Å². The number of aromatic nitrogens is 3. The zero-order valence-corrected chi connectivity index (χ0v) is 9.15. The van der Waals surface area contributed by atoms with E-state index in [1.807, 2.05) is 19.1 Å². The maximum absolute atomic E-state index is 5.05. The highest BCUT2D eigenvalue weighted by molar-refractivity contribution is 9.10.